The number of rotatable bonds is 8. The minimum atomic E-state index is -0.495. The SMILES string of the molecule is O=C1Nc2ccccc2C1C(=Nc1ccc(-c2cnc[nH]2)cc1)c1ccc(CCCN2CCCC2=O)cc1. The van der Waals surface area contributed by atoms with E-state index in [2.05, 4.69) is 39.6 Å². The van der Waals surface area contributed by atoms with E-state index in [0.717, 1.165) is 71.8 Å². The molecule has 3 aromatic carbocycles. The van der Waals surface area contributed by atoms with Crippen LogP contribution in [0.5, 0.6) is 0 Å². The number of carbonyl (C=O) groups is 2. The number of imidazole rings is 1. The molecule has 6 rings (SSSR count). The Morgan fingerprint density at radius 3 is 2.55 bits per heavy atom. The number of benzene rings is 3. The number of fused-ring (bicyclic) bond motifs is 1. The highest BCUT2D eigenvalue weighted by Crippen LogP contribution is 2.36. The first-order valence-corrected chi connectivity index (χ1v) is 13.1. The molecule has 0 aliphatic carbocycles. The van der Waals surface area contributed by atoms with E-state index in [9.17, 15) is 9.59 Å². The van der Waals surface area contributed by atoms with Gasteiger partial charge in [0.25, 0.3) is 0 Å². The minimum Gasteiger partial charge on any atom is -0.345 e. The van der Waals surface area contributed by atoms with Crippen LogP contribution >= 0.6 is 0 Å². The van der Waals surface area contributed by atoms with Gasteiger partial charge >= 0.3 is 0 Å². The summed E-state index contributed by atoms with van der Waals surface area (Å²) in [5.74, 6) is -0.294. The zero-order valence-electron chi connectivity index (χ0n) is 21.1. The van der Waals surface area contributed by atoms with E-state index < -0.39 is 5.92 Å². The first-order chi connectivity index (χ1) is 18.7. The lowest BCUT2D eigenvalue weighted by atomic mass is 9.90. The average molecular weight is 504 g/mol. The van der Waals surface area contributed by atoms with Gasteiger partial charge in [-0.25, -0.2) is 4.98 Å². The second kappa shape index (κ2) is 10.5. The third-order valence-corrected chi connectivity index (χ3v) is 7.31. The molecule has 38 heavy (non-hydrogen) atoms. The van der Waals surface area contributed by atoms with Gasteiger partial charge in [-0.1, -0.05) is 54.6 Å². The van der Waals surface area contributed by atoms with Crippen LogP contribution in [-0.4, -0.2) is 45.5 Å². The number of anilines is 1. The van der Waals surface area contributed by atoms with Crippen molar-refractivity contribution in [2.24, 2.45) is 4.99 Å². The van der Waals surface area contributed by atoms with Crippen LogP contribution in [0.15, 0.2) is 90.3 Å². The second-order valence-electron chi connectivity index (χ2n) is 9.80. The molecule has 0 saturated carbocycles. The third kappa shape index (κ3) is 4.87. The summed E-state index contributed by atoms with van der Waals surface area (Å²) in [6, 6.07) is 24.1. The molecule has 3 heterocycles. The van der Waals surface area contributed by atoms with Crippen LogP contribution in [0.3, 0.4) is 0 Å². The Morgan fingerprint density at radius 1 is 1.00 bits per heavy atom. The molecule has 0 bridgehead atoms. The Labute approximate surface area is 221 Å². The van der Waals surface area contributed by atoms with E-state index in [1.807, 2.05) is 53.4 Å². The summed E-state index contributed by atoms with van der Waals surface area (Å²) < 4.78 is 0. The first kappa shape index (κ1) is 23.9. The molecule has 0 radical (unpaired) electrons. The lowest BCUT2D eigenvalue weighted by molar-refractivity contribution is -0.127. The number of carbonyl (C=O) groups excluding carboxylic acids is 2. The lowest BCUT2D eigenvalue weighted by Gasteiger charge is -2.16. The number of aromatic nitrogens is 2. The van der Waals surface area contributed by atoms with Crippen LogP contribution in [-0.2, 0) is 16.0 Å². The fourth-order valence-corrected chi connectivity index (χ4v) is 5.30. The summed E-state index contributed by atoms with van der Waals surface area (Å²) in [5, 5.41) is 3.02. The Kier molecular flexibility index (Phi) is 6.56. The molecular formula is C31H29N5O2. The molecule has 2 aliphatic heterocycles. The maximum absolute atomic E-state index is 13.2. The normalized spacial score (nSPS) is 17.1. The minimum absolute atomic E-state index is 0.0709. The fraction of sp³-hybridized carbons (Fsp3) is 0.226. The average Bonchev–Trinajstić information content (AvgIpc) is 3.69. The van der Waals surface area contributed by atoms with E-state index in [1.54, 1.807) is 12.5 Å². The molecule has 7 nitrogen and oxygen atoms in total. The molecular weight excluding hydrogens is 474 g/mol. The molecule has 1 unspecified atom stereocenters. The predicted molar refractivity (Wildman–Crippen MR) is 149 cm³/mol. The lowest BCUT2D eigenvalue weighted by Crippen LogP contribution is -2.25. The van der Waals surface area contributed by atoms with Crippen LogP contribution < -0.4 is 5.32 Å². The maximum Gasteiger partial charge on any atom is 0.238 e. The van der Waals surface area contributed by atoms with E-state index in [4.69, 9.17) is 4.99 Å². The summed E-state index contributed by atoms with van der Waals surface area (Å²) in [6.07, 6.45) is 6.94. The van der Waals surface area contributed by atoms with Gasteiger partial charge in [0.05, 0.1) is 29.6 Å². The molecule has 1 fully saturated rings. The molecule has 2 N–H and O–H groups in total. The van der Waals surface area contributed by atoms with Gasteiger partial charge in [-0.2, -0.15) is 0 Å². The van der Waals surface area contributed by atoms with Crippen molar-refractivity contribution in [3.63, 3.8) is 0 Å². The number of hydrogen-bond acceptors (Lipinski definition) is 4. The van der Waals surface area contributed by atoms with Gasteiger partial charge in [-0.3, -0.25) is 14.6 Å². The number of nitrogens with one attached hydrogen (secondary N) is 2. The van der Waals surface area contributed by atoms with Crippen LogP contribution in [0.1, 0.15) is 41.9 Å². The van der Waals surface area contributed by atoms with E-state index in [-0.39, 0.29) is 11.8 Å². The summed E-state index contributed by atoms with van der Waals surface area (Å²) in [7, 11) is 0. The predicted octanol–water partition coefficient (Wildman–Crippen LogP) is 5.49. The number of aromatic amines is 1. The molecule has 1 saturated heterocycles. The molecule has 7 heteroatoms. The fourth-order valence-electron chi connectivity index (χ4n) is 5.30. The summed E-state index contributed by atoms with van der Waals surface area (Å²) in [4.78, 5) is 39.3. The zero-order chi connectivity index (χ0) is 25.9. The zero-order valence-corrected chi connectivity index (χ0v) is 21.1. The highest BCUT2D eigenvalue weighted by atomic mass is 16.2. The van der Waals surface area contributed by atoms with Crippen molar-refractivity contribution < 1.29 is 9.59 Å². The molecule has 2 amide bonds. The number of hydrogen-bond donors (Lipinski definition) is 2. The van der Waals surface area contributed by atoms with Gasteiger partial charge in [0.15, 0.2) is 0 Å². The highest BCUT2D eigenvalue weighted by molar-refractivity contribution is 6.24. The van der Waals surface area contributed by atoms with Crippen molar-refractivity contribution in [2.45, 2.75) is 31.6 Å². The van der Waals surface area contributed by atoms with E-state index in [0.29, 0.717) is 6.42 Å². The van der Waals surface area contributed by atoms with Crippen molar-refractivity contribution in [3.8, 4) is 11.3 Å². The van der Waals surface area contributed by atoms with Gasteiger partial charge in [0.2, 0.25) is 11.8 Å². The smallest absolute Gasteiger partial charge is 0.238 e. The number of para-hydroxylation sites is 1. The van der Waals surface area contributed by atoms with Gasteiger partial charge < -0.3 is 15.2 Å². The summed E-state index contributed by atoms with van der Waals surface area (Å²) >= 11 is 0. The van der Waals surface area contributed by atoms with Gasteiger partial charge in [0.1, 0.15) is 5.92 Å². The number of nitrogens with zero attached hydrogens (tertiary/aromatic N) is 3. The van der Waals surface area contributed by atoms with Crippen molar-refractivity contribution in [1.29, 1.82) is 0 Å². The summed E-state index contributed by atoms with van der Waals surface area (Å²) in [5.41, 5.74) is 7.35. The topological polar surface area (TPSA) is 90.4 Å². The Balaban J connectivity index is 1.28. The Hall–Kier alpha value is -4.52. The van der Waals surface area contributed by atoms with Crippen LogP contribution in [0.25, 0.3) is 11.3 Å². The Morgan fingerprint density at radius 2 is 1.82 bits per heavy atom. The largest absolute Gasteiger partial charge is 0.345 e. The Bertz CT molecular complexity index is 1470. The monoisotopic (exact) mass is 503 g/mol. The molecule has 190 valence electrons. The van der Waals surface area contributed by atoms with Gasteiger partial charge in [-0.15, -0.1) is 0 Å². The quantitative estimate of drug-likeness (QED) is 0.312. The maximum atomic E-state index is 13.2. The number of aryl methyl sites for hydroxylation is 1. The van der Waals surface area contributed by atoms with Crippen molar-refractivity contribution in [1.82, 2.24) is 14.9 Å². The van der Waals surface area contributed by atoms with Crippen LogP contribution in [0.4, 0.5) is 11.4 Å². The molecule has 4 aromatic rings. The second-order valence-corrected chi connectivity index (χ2v) is 9.80. The standard InChI is InChI=1S/C31H29N5O2/c37-28-8-4-18-36(28)17-3-5-21-9-11-23(12-10-21)30(29-25-6-1-2-7-26(25)35-31(29)38)34-24-15-13-22(14-16-24)27-19-32-20-33-27/h1-2,6-7,9-16,19-20,29H,3-5,8,17-18H2,(H,32,33)(H,35,38). The van der Waals surface area contributed by atoms with Crippen molar-refractivity contribution >= 4 is 28.9 Å². The molecule has 1 aromatic heterocycles. The number of aliphatic imine (C=N–C) groups is 1. The highest BCUT2D eigenvalue weighted by Gasteiger charge is 2.35. The first-order valence-electron chi connectivity index (χ1n) is 13.1. The van der Waals surface area contributed by atoms with E-state index in [1.165, 1.54) is 5.56 Å². The molecule has 2 aliphatic rings. The number of likely N-dealkylation sites (tertiary alicyclic amines) is 1. The van der Waals surface area contributed by atoms with Gasteiger partial charge in [-0.05, 0) is 59.7 Å². The van der Waals surface area contributed by atoms with Crippen molar-refractivity contribution in [3.05, 3.63) is 102 Å². The van der Waals surface area contributed by atoms with Crippen molar-refractivity contribution in [2.75, 3.05) is 18.4 Å². The number of H-pyrrole nitrogens is 1. The van der Waals surface area contributed by atoms with E-state index >= 15 is 0 Å². The molecule has 0 spiro atoms. The molecule has 1 atom stereocenters. The number of amides is 2. The summed E-state index contributed by atoms with van der Waals surface area (Å²) in [6.45, 7) is 1.69. The van der Waals surface area contributed by atoms with Crippen LogP contribution in [0.2, 0.25) is 0 Å². The third-order valence-electron chi connectivity index (χ3n) is 7.31. The van der Waals surface area contributed by atoms with Crippen LogP contribution in [0, 0.1) is 0 Å². The van der Waals surface area contributed by atoms with Gasteiger partial charge in [0, 0.05) is 25.2 Å².